The molecule has 1 aromatic rings. The van der Waals surface area contributed by atoms with Gasteiger partial charge in [-0.05, 0) is 50.7 Å². The van der Waals surface area contributed by atoms with Crippen molar-refractivity contribution in [2.75, 3.05) is 39.0 Å². The predicted molar refractivity (Wildman–Crippen MR) is 134 cm³/mol. The van der Waals surface area contributed by atoms with E-state index >= 15 is 0 Å². The molecule has 0 radical (unpaired) electrons. The number of rotatable bonds is 12. The van der Waals surface area contributed by atoms with Crippen molar-refractivity contribution in [3.05, 3.63) is 29.3 Å². The number of benzene rings is 1. The molecule has 9 heteroatoms. The van der Waals surface area contributed by atoms with E-state index in [0.717, 1.165) is 30.4 Å². The average molecular weight is 553 g/mol. The van der Waals surface area contributed by atoms with Gasteiger partial charge in [0.05, 0.1) is 19.4 Å². The van der Waals surface area contributed by atoms with Gasteiger partial charge in [-0.1, -0.05) is 19.1 Å². The molecule has 0 saturated heterocycles. The van der Waals surface area contributed by atoms with Crippen LogP contribution in [0.1, 0.15) is 44.2 Å². The monoisotopic (exact) mass is 552 g/mol. The second-order valence-corrected chi connectivity index (χ2v) is 9.58. The molecule has 0 unspecified atom stereocenters. The third-order valence-electron chi connectivity index (χ3n) is 4.84. The molecule has 1 aromatic carbocycles. The van der Waals surface area contributed by atoms with E-state index in [2.05, 4.69) is 40.7 Å². The highest BCUT2D eigenvalue weighted by Gasteiger charge is 2.22. The van der Waals surface area contributed by atoms with Crippen LogP contribution in [0.2, 0.25) is 0 Å². The highest BCUT2D eigenvalue weighted by Crippen LogP contribution is 2.30. The molecule has 172 valence electrons. The van der Waals surface area contributed by atoms with Crippen molar-refractivity contribution in [2.45, 2.75) is 46.6 Å². The Hall–Kier alpha value is -1.07. The van der Waals surface area contributed by atoms with E-state index < -0.39 is 10.0 Å². The molecule has 0 spiro atoms. The van der Waals surface area contributed by atoms with E-state index in [1.54, 1.807) is 0 Å². The summed E-state index contributed by atoms with van der Waals surface area (Å²) in [5, 5.41) is 6.53. The van der Waals surface area contributed by atoms with Crippen LogP contribution in [0.5, 0.6) is 5.75 Å². The zero-order valence-corrected chi connectivity index (χ0v) is 21.8. The van der Waals surface area contributed by atoms with Crippen molar-refractivity contribution >= 4 is 40.0 Å². The van der Waals surface area contributed by atoms with Crippen LogP contribution in [-0.2, 0) is 16.6 Å². The summed E-state index contributed by atoms with van der Waals surface area (Å²) in [6.07, 6.45) is 4.50. The number of sulfonamides is 1. The maximum atomic E-state index is 11.7. The number of hydrogen-bond donors (Lipinski definition) is 2. The van der Waals surface area contributed by atoms with E-state index in [0.29, 0.717) is 38.5 Å². The van der Waals surface area contributed by atoms with Crippen molar-refractivity contribution < 1.29 is 13.2 Å². The Morgan fingerprint density at radius 1 is 1.27 bits per heavy atom. The van der Waals surface area contributed by atoms with Gasteiger partial charge >= 0.3 is 0 Å². The van der Waals surface area contributed by atoms with Crippen LogP contribution in [0.4, 0.5) is 0 Å². The molecular formula is C21H37IN4O3S. The van der Waals surface area contributed by atoms with E-state index in [1.807, 2.05) is 13.8 Å². The number of nitrogens with one attached hydrogen (secondary N) is 2. The van der Waals surface area contributed by atoms with Crippen LogP contribution in [0.15, 0.2) is 23.2 Å². The Bertz CT molecular complexity index is 782. The minimum Gasteiger partial charge on any atom is -0.493 e. The molecule has 1 saturated carbocycles. The second-order valence-electron chi connectivity index (χ2n) is 7.60. The second kappa shape index (κ2) is 13.4. The van der Waals surface area contributed by atoms with Gasteiger partial charge < -0.3 is 15.4 Å². The molecule has 2 N–H and O–H groups in total. The minimum absolute atomic E-state index is 0. The van der Waals surface area contributed by atoms with Crippen molar-refractivity contribution in [1.29, 1.82) is 0 Å². The molecule has 1 fully saturated rings. The molecule has 0 aromatic heterocycles. The van der Waals surface area contributed by atoms with Crippen LogP contribution < -0.4 is 15.4 Å². The Balaban J connectivity index is 0.00000450. The Morgan fingerprint density at radius 3 is 2.60 bits per heavy atom. The summed E-state index contributed by atoms with van der Waals surface area (Å²) in [5.74, 6) is 2.35. The number of hydrogen-bond acceptors (Lipinski definition) is 4. The lowest BCUT2D eigenvalue weighted by molar-refractivity contribution is 0.296. The first kappa shape index (κ1) is 27.0. The first-order valence-corrected chi connectivity index (χ1v) is 12.4. The van der Waals surface area contributed by atoms with Gasteiger partial charge in [-0.3, -0.25) is 0 Å². The zero-order valence-electron chi connectivity index (χ0n) is 18.6. The first-order chi connectivity index (χ1) is 13.8. The van der Waals surface area contributed by atoms with Gasteiger partial charge in [0.25, 0.3) is 0 Å². The fourth-order valence-corrected chi connectivity index (χ4v) is 3.88. The Kier molecular flexibility index (Phi) is 12.0. The summed E-state index contributed by atoms with van der Waals surface area (Å²) >= 11 is 0. The van der Waals surface area contributed by atoms with Crippen molar-refractivity contribution in [2.24, 2.45) is 10.9 Å². The van der Waals surface area contributed by atoms with Gasteiger partial charge in [0.2, 0.25) is 10.0 Å². The molecule has 1 aliphatic carbocycles. The van der Waals surface area contributed by atoms with E-state index in [-0.39, 0.29) is 24.0 Å². The van der Waals surface area contributed by atoms with Crippen LogP contribution in [-0.4, -0.2) is 57.7 Å². The summed E-state index contributed by atoms with van der Waals surface area (Å²) in [6, 6.07) is 6.24. The normalized spacial score (nSPS) is 14.4. The van der Waals surface area contributed by atoms with Crippen LogP contribution in [0.25, 0.3) is 0 Å². The van der Waals surface area contributed by atoms with Gasteiger partial charge in [-0.15, -0.1) is 24.0 Å². The molecule has 0 heterocycles. The summed E-state index contributed by atoms with van der Waals surface area (Å²) < 4.78 is 30.8. The third-order valence-corrected chi connectivity index (χ3v) is 6.22. The van der Waals surface area contributed by atoms with Crippen LogP contribution >= 0.6 is 24.0 Å². The molecule has 30 heavy (non-hydrogen) atoms. The predicted octanol–water partition coefficient (Wildman–Crippen LogP) is 3.13. The molecule has 7 nitrogen and oxygen atoms in total. The van der Waals surface area contributed by atoms with E-state index in [4.69, 9.17) is 4.74 Å². The largest absolute Gasteiger partial charge is 0.493 e. The lowest BCUT2D eigenvalue weighted by Gasteiger charge is -2.18. The van der Waals surface area contributed by atoms with Crippen molar-refractivity contribution in [3.63, 3.8) is 0 Å². The van der Waals surface area contributed by atoms with Gasteiger partial charge in [-0.25, -0.2) is 17.7 Å². The summed E-state index contributed by atoms with van der Waals surface area (Å²) in [6.45, 7) is 9.65. The minimum atomic E-state index is -3.14. The number of guanidine groups is 1. The number of nitrogens with zero attached hydrogens (tertiary/aromatic N) is 2. The quantitative estimate of drug-likeness (QED) is 0.180. The maximum Gasteiger partial charge on any atom is 0.211 e. The topological polar surface area (TPSA) is 83.0 Å². The SMILES string of the molecule is CCNC(=NCc1ccc(C)cc1OCC1CC1)NCCCN(CC)S(C)(=O)=O.I. The average Bonchev–Trinajstić information content (AvgIpc) is 3.48. The molecule has 0 bridgehead atoms. The molecule has 0 aliphatic heterocycles. The maximum absolute atomic E-state index is 11.7. The lowest BCUT2D eigenvalue weighted by atomic mass is 10.1. The number of aryl methyl sites for hydroxylation is 1. The molecule has 1 aliphatic rings. The fraction of sp³-hybridized carbons (Fsp3) is 0.667. The Labute approximate surface area is 199 Å². The first-order valence-electron chi connectivity index (χ1n) is 10.5. The summed E-state index contributed by atoms with van der Waals surface area (Å²) in [4.78, 5) is 4.68. The number of halogens is 1. The highest BCUT2D eigenvalue weighted by molar-refractivity contribution is 14.0. The van der Waals surface area contributed by atoms with E-state index in [1.165, 1.54) is 29.0 Å². The molecule has 0 atom stereocenters. The molecule has 0 amide bonds. The van der Waals surface area contributed by atoms with Gasteiger partial charge in [0.15, 0.2) is 5.96 Å². The molecular weight excluding hydrogens is 515 g/mol. The number of ether oxygens (including phenoxy) is 1. The summed E-state index contributed by atoms with van der Waals surface area (Å²) in [7, 11) is -3.14. The van der Waals surface area contributed by atoms with Gasteiger partial charge in [0, 0.05) is 31.7 Å². The zero-order chi connectivity index (χ0) is 21.3. The highest BCUT2D eigenvalue weighted by atomic mass is 127. The summed E-state index contributed by atoms with van der Waals surface area (Å²) in [5.41, 5.74) is 2.25. The van der Waals surface area contributed by atoms with Gasteiger partial charge in [-0.2, -0.15) is 0 Å². The lowest BCUT2D eigenvalue weighted by Crippen LogP contribution is -2.39. The van der Waals surface area contributed by atoms with Crippen LogP contribution in [0, 0.1) is 12.8 Å². The van der Waals surface area contributed by atoms with E-state index in [9.17, 15) is 8.42 Å². The smallest absolute Gasteiger partial charge is 0.211 e. The number of aliphatic imine (C=N–C) groups is 1. The van der Waals surface area contributed by atoms with Gasteiger partial charge in [0.1, 0.15) is 5.75 Å². The standard InChI is InChI=1S/C21H36N4O3S.HI/c1-5-22-21(23-12-7-13-25(6-2)29(4,26)27)24-15-19-11-8-17(3)14-20(19)28-16-18-9-10-18;/h8,11,14,18H,5-7,9-10,12-13,15-16H2,1-4H3,(H2,22,23,24);1H. The van der Waals surface area contributed by atoms with Crippen molar-refractivity contribution in [1.82, 2.24) is 14.9 Å². The fourth-order valence-electron chi connectivity index (χ4n) is 2.95. The molecule has 2 rings (SSSR count). The Morgan fingerprint density at radius 2 is 2.00 bits per heavy atom. The van der Waals surface area contributed by atoms with Crippen molar-refractivity contribution in [3.8, 4) is 5.75 Å². The third kappa shape index (κ3) is 9.82. The van der Waals surface area contributed by atoms with Crippen LogP contribution in [0.3, 0.4) is 0 Å².